The van der Waals surface area contributed by atoms with Gasteiger partial charge >= 0.3 is 0 Å². The number of rotatable bonds is 5. The number of pyridine rings is 2. The maximum absolute atomic E-state index is 12.3. The van der Waals surface area contributed by atoms with Crippen molar-refractivity contribution < 1.29 is 4.79 Å². The number of imidazole rings is 1. The van der Waals surface area contributed by atoms with Crippen LogP contribution in [0.15, 0.2) is 61.1 Å². The van der Waals surface area contributed by atoms with Crippen LogP contribution in [0.25, 0.3) is 16.6 Å². The highest BCUT2D eigenvalue weighted by molar-refractivity contribution is 7.99. The highest BCUT2D eigenvalue weighted by atomic mass is 32.2. The first-order valence-electron chi connectivity index (χ1n) is 8.34. The highest BCUT2D eigenvalue weighted by Crippen LogP contribution is 2.22. The topological polar surface area (TPSA) is 59.3 Å². The molecule has 0 aliphatic heterocycles. The van der Waals surface area contributed by atoms with Gasteiger partial charge in [-0.25, -0.2) is 4.98 Å². The monoisotopic (exact) mass is 362 g/mol. The number of nitrogens with zero attached hydrogens (tertiary/aromatic N) is 3. The van der Waals surface area contributed by atoms with Crippen molar-refractivity contribution in [2.45, 2.75) is 12.7 Å². The van der Waals surface area contributed by atoms with Gasteiger partial charge in [0.25, 0.3) is 0 Å². The Morgan fingerprint density at radius 3 is 3.00 bits per heavy atom. The molecule has 3 heterocycles. The summed E-state index contributed by atoms with van der Waals surface area (Å²) in [6.07, 6.45) is 5.82. The standard InChI is InChI=1S/C20H18N4OS/c1-14-7-8-19-22-15(11-24(19)10-14)12-26-13-20(25)23-18-6-2-5-17-16(18)4-3-9-21-17/h2-11H,12-13H2,1H3,(H,23,25). The Balaban J connectivity index is 1.37. The molecule has 0 spiro atoms. The second kappa shape index (κ2) is 7.17. The zero-order chi connectivity index (χ0) is 17.9. The molecule has 3 aromatic heterocycles. The molecule has 0 aliphatic rings. The number of aromatic nitrogens is 3. The Labute approximate surface area is 155 Å². The fourth-order valence-corrected chi connectivity index (χ4v) is 3.58. The number of amides is 1. The van der Waals surface area contributed by atoms with E-state index in [9.17, 15) is 4.79 Å². The minimum absolute atomic E-state index is 0.0223. The number of fused-ring (bicyclic) bond motifs is 2. The summed E-state index contributed by atoms with van der Waals surface area (Å²) in [5.41, 5.74) is 4.77. The molecule has 0 radical (unpaired) electrons. The van der Waals surface area contributed by atoms with E-state index in [0.717, 1.165) is 27.9 Å². The number of benzene rings is 1. The van der Waals surface area contributed by atoms with Crippen LogP contribution in [0.4, 0.5) is 5.69 Å². The third-order valence-electron chi connectivity index (χ3n) is 4.05. The fraction of sp³-hybridized carbons (Fsp3) is 0.150. The van der Waals surface area contributed by atoms with E-state index in [4.69, 9.17) is 0 Å². The number of carbonyl (C=O) groups excluding carboxylic acids is 1. The van der Waals surface area contributed by atoms with Crippen molar-refractivity contribution in [3.05, 3.63) is 72.3 Å². The lowest BCUT2D eigenvalue weighted by Crippen LogP contribution is -2.14. The molecule has 0 saturated carbocycles. The average Bonchev–Trinajstić information content (AvgIpc) is 3.04. The lowest BCUT2D eigenvalue weighted by molar-refractivity contribution is -0.113. The first-order chi connectivity index (χ1) is 12.7. The van der Waals surface area contributed by atoms with Crippen LogP contribution in [0.5, 0.6) is 0 Å². The predicted molar refractivity (Wildman–Crippen MR) is 106 cm³/mol. The van der Waals surface area contributed by atoms with Crippen molar-refractivity contribution in [3.63, 3.8) is 0 Å². The van der Waals surface area contributed by atoms with E-state index < -0.39 is 0 Å². The molecule has 0 saturated heterocycles. The number of carbonyl (C=O) groups is 1. The molecule has 0 unspecified atom stereocenters. The van der Waals surface area contributed by atoms with Crippen LogP contribution >= 0.6 is 11.8 Å². The molecular formula is C20H18N4OS. The summed E-state index contributed by atoms with van der Waals surface area (Å²) in [6, 6.07) is 13.6. The van der Waals surface area contributed by atoms with Gasteiger partial charge in [0.05, 0.1) is 22.7 Å². The Bertz CT molecular complexity index is 1080. The van der Waals surface area contributed by atoms with E-state index in [1.165, 1.54) is 5.56 Å². The zero-order valence-electron chi connectivity index (χ0n) is 14.3. The Morgan fingerprint density at radius 2 is 2.08 bits per heavy atom. The van der Waals surface area contributed by atoms with Gasteiger partial charge in [-0.05, 0) is 42.8 Å². The Morgan fingerprint density at radius 1 is 1.15 bits per heavy atom. The third-order valence-corrected chi connectivity index (χ3v) is 5.02. The van der Waals surface area contributed by atoms with E-state index in [0.29, 0.717) is 11.5 Å². The van der Waals surface area contributed by atoms with Crippen molar-refractivity contribution in [1.82, 2.24) is 14.4 Å². The predicted octanol–water partition coefficient (Wildman–Crippen LogP) is 4.06. The van der Waals surface area contributed by atoms with Crippen LogP contribution in [0.2, 0.25) is 0 Å². The molecule has 0 bridgehead atoms. The van der Waals surface area contributed by atoms with Crippen LogP contribution in [0, 0.1) is 6.92 Å². The molecule has 5 nitrogen and oxygen atoms in total. The van der Waals surface area contributed by atoms with Crippen molar-refractivity contribution in [2.75, 3.05) is 11.1 Å². The molecule has 4 rings (SSSR count). The van der Waals surface area contributed by atoms with E-state index in [1.54, 1.807) is 18.0 Å². The quantitative estimate of drug-likeness (QED) is 0.582. The molecule has 26 heavy (non-hydrogen) atoms. The fourth-order valence-electron chi connectivity index (χ4n) is 2.87. The molecule has 1 aromatic carbocycles. The number of aryl methyl sites for hydroxylation is 1. The minimum Gasteiger partial charge on any atom is -0.325 e. The average molecular weight is 362 g/mol. The molecule has 6 heteroatoms. The minimum atomic E-state index is -0.0223. The maximum atomic E-state index is 12.3. The van der Waals surface area contributed by atoms with Gasteiger partial charge in [-0.15, -0.1) is 11.8 Å². The van der Waals surface area contributed by atoms with E-state index in [2.05, 4.69) is 28.4 Å². The lowest BCUT2D eigenvalue weighted by atomic mass is 10.2. The number of nitrogens with one attached hydrogen (secondary N) is 1. The van der Waals surface area contributed by atoms with Crippen LogP contribution in [0.3, 0.4) is 0 Å². The van der Waals surface area contributed by atoms with Gasteiger partial charge in [0.2, 0.25) is 5.91 Å². The summed E-state index contributed by atoms with van der Waals surface area (Å²) < 4.78 is 2.02. The molecule has 0 atom stereocenters. The van der Waals surface area contributed by atoms with Crippen molar-refractivity contribution >= 4 is 39.9 Å². The van der Waals surface area contributed by atoms with Crippen LogP contribution in [-0.4, -0.2) is 26.0 Å². The first kappa shape index (κ1) is 16.6. The summed E-state index contributed by atoms with van der Waals surface area (Å²) in [6.45, 7) is 2.06. The number of anilines is 1. The van der Waals surface area contributed by atoms with E-state index in [-0.39, 0.29) is 5.91 Å². The molecular weight excluding hydrogens is 344 g/mol. The van der Waals surface area contributed by atoms with Crippen molar-refractivity contribution in [1.29, 1.82) is 0 Å². The van der Waals surface area contributed by atoms with Gasteiger partial charge < -0.3 is 9.72 Å². The van der Waals surface area contributed by atoms with E-state index in [1.807, 2.05) is 53.1 Å². The molecule has 0 fully saturated rings. The third kappa shape index (κ3) is 3.55. The van der Waals surface area contributed by atoms with E-state index >= 15 is 0 Å². The summed E-state index contributed by atoms with van der Waals surface area (Å²) in [7, 11) is 0. The largest absolute Gasteiger partial charge is 0.325 e. The maximum Gasteiger partial charge on any atom is 0.234 e. The van der Waals surface area contributed by atoms with Gasteiger partial charge in [-0.2, -0.15) is 0 Å². The molecule has 4 aromatic rings. The molecule has 130 valence electrons. The Hall–Kier alpha value is -2.86. The van der Waals surface area contributed by atoms with Gasteiger partial charge in [-0.1, -0.05) is 12.1 Å². The smallest absolute Gasteiger partial charge is 0.234 e. The molecule has 1 amide bonds. The Kier molecular flexibility index (Phi) is 4.58. The van der Waals surface area contributed by atoms with Gasteiger partial charge in [0.1, 0.15) is 5.65 Å². The summed E-state index contributed by atoms with van der Waals surface area (Å²) in [5, 5.41) is 3.93. The van der Waals surface area contributed by atoms with Crippen LogP contribution < -0.4 is 5.32 Å². The van der Waals surface area contributed by atoms with Gasteiger partial charge in [0, 0.05) is 29.7 Å². The number of hydrogen-bond donors (Lipinski definition) is 1. The van der Waals surface area contributed by atoms with Crippen LogP contribution in [-0.2, 0) is 10.5 Å². The summed E-state index contributed by atoms with van der Waals surface area (Å²) in [5.74, 6) is 1.06. The van der Waals surface area contributed by atoms with Gasteiger partial charge in [-0.3, -0.25) is 9.78 Å². The van der Waals surface area contributed by atoms with Gasteiger partial charge in [0.15, 0.2) is 0 Å². The van der Waals surface area contributed by atoms with Crippen LogP contribution in [0.1, 0.15) is 11.3 Å². The lowest BCUT2D eigenvalue weighted by Gasteiger charge is -2.07. The molecule has 1 N–H and O–H groups in total. The summed E-state index contributed by atoms with van der Waals surface area (Å²) in [4.78, 5) is 21.2. The van der Waals surface area contributed by atoms with Crippen molar-refractivity contribution in [3.8, 4) is 0 Å². The van der Waals surface area contributed by atoms with Crippen molar-refractivity contribution in [2.24, 2.45) is 0 Å². The second-order valence-corrected chi connectivity index (χ2v) is 7.11. The highest BCUT2D eigenvalue weighted by Gasteiger charge is 2.08. The SMILES string of the molecule is Cc1ccc2nc(CSCC(=O)Nc3cccc4ncccc34)cn2c1. The second-order valence-electron chi connectivity index (χ2n) is 6.12. The molecule has 0 aliphatic carbocycles. The summed E-state index contributed by atoms with van der Waals surface area (Å²) >= 11 is 1.56. The number of hydrogen-bond acceptors (Lipinski definition) is 4. The first-order valence-corrected chi connectivity index (χ1v) is 9.50. The zero-order valence-corrected chi connectivity index (χ0v) is 15.2. The normalized spacial score (nSPS) is 11.1. The number of thioether (sulfide) groups is 1.